The SMILES string of the molecule is Cc1ccc(C2CC(=O)OC2=O)cn1. The highest BCUT2D eigenvalue weighted by Gasteiger charge is 2.34. The predicted molar refractivity (Wildman–Crippen MR) is 47.4 cm³/mol. The van der Waals surface area contributed by atoms with Gasteiger partial charge in [-0.15, -0.1) is 0 Å². The minimum atomic E-state index is -0.472. The van der Waals surface area contributed by atoms with Crippen molar-refractivity contribution in [3.8, 4) is 0 Å². The second kappa shape index (κ2) is 3.21. The fourth-order valence-electron chi connectivity index (χ4n) is 1.41. The van der Waals surface area contributed by atoms with Crippen molar-refractivity contribution in [2.75, 3.05) is 0 Å². The van der Waals surface area contributed by atoms with Crippen molar-refractivity contribution < 1.29 is 14.3 Å². The average molecular weight is 191 g/mol. The molecule has 0 bridgehead atoms. The standard InChI is InChI=1S/C10H9NO3/c1-6-2-3-7(5-11-6)8-4-9(12)14-10(8)13/h2-3,5,8H,4H2,1H3. The highest BCUT2D eigenvalue weighted by atomic mass is 16.6. The molecule has 1 saturated heterocycles. The Bertz CT molecular complexity index is 383. The lowest BCUT2D eigenvalue weighted by molar-refractivity contribution is -0.152. The fraction of sp³-hybridized carbons (Fsp3) is 0.300. The van der Waals surface area contributed by atoms with E-state index in [9.17, 15) is 9.59 Å². The van der Waals surface area contributed by atoms with Crippen molar-refractivity contribution in [1.82, 2.24) is 4.98 Å². The highest BCUT2D eigenvalue weighted by molar-refractivity contribution is 5.97. The molecule has 14 heavy (non-hydrogen) atoms. The topological polar surface area (TPSA) is 56.3 Å². The molecule has 1 aromatic rings. The summed E-state index contributed by atoms with van der Waals surface area (Å²) < 4.78 is 4.45. The molecular formula is C10H9NO3. The van der Waals surface area contributed by atoms with Gasteiger partial charge in [0.15, 0.2) is 0 Å². The first-order valence-corrected chi connectivity index (χ1v) is 4.34. The van der Waals surface area contributed by atoms with Gasteiger partial charge in [0.05, 0.1) is 12.3 Å². The maximum Gasteiger partial charge on any atom is 0.321 e. The molecule has 0 amide bonds. The molecule has 1 fully saturated rings. The van der Waals surface area contributed by atoms with Crippen molar-refractivity contribution in [3.05, 3.63) is 29.6 Å². The van der Waals surface area contributed by atoms with E-state index >= 15 is 0 Å². The molecule has 4 nitrogen and oxygen atoms in total. The number of aromatic nitrogens is 1. The van der Waals surface area contributed by atoms with Gasteiger partial charge in [-0.25, -0.2) is 0 Å². The lowest BCUT2D eigenvalue weighted by Gasteiger charge is -2.03. The van der Waals surface area contributed by atoms with E-state index in [1.54, 1.807) is 12.3 Å². The summed E-state index contributed by atoms with van der Waals surface area (Å²) in [6.07, 6.45) is 1.74. The van der Waals surface area contributed by atoms with Crippen LogP contribution in [-0.4, -0.2) is 16.9 Å². The first-order chi connectivity index (χ1) is 6.66. The van der Waals surface area contributed by atoms with Gasteiger partial charge in [-0.3, -0.25) is 14.6 Å². The van der Waals surface area contributed by atoms with Crippen LogP contribution in [0.25, 0.3) is 0 Å². The Kier molecular flexibility index (Phi) is 2.04. The van der Waals surface area contributed by atoms with E-state index in [1.807, 2.05) is 13.0 Å². The third-order valence-corrected chi connectivity index (χ3v) is 2.21. The van der Waals surface area contributed by atoms with Crippen molar-refractivity contribution in [2.45, 2.75) is 19.3 Å². The minimum Gasteiger partial charge on any atom is -0.393 e. The van der Waals surface area contributed by atoms with Crippen LogP contribution in [0.1, 0.15) is 23.6 Å². The van der Waals surface area contributed by atoms with E-state index in [4.69, 9.17) is 0 Å². The summed E-state index contributed by atoms with van der Waals surface area (Å²) in [5, 5.41) is 0. The summed E-state index contributed by atoms with van der Waals surface area (Å²) in [5.41, 5.74) is 1.62. The van der Waals surface area contributed by atoms with E-state index in [0.29, 0.717) is 0 Å². The molecule has 1 aliphatic rings. The number of pyridine rings is 1. The van der Waals surface area contributed by atoms with Gasteiger partial charge in [-0.2, -0.15) is 0 Å². The highest BCUT2D eigenvalue weighted by Crippen LogP contribution is 2.26. The van der Waals surface area contributed by atoms with Crippen LogP contribution >= 0.6 is 0 Å². The third-order valence-electron chi connectivity index (χ3n) is 2.21. The van der Waals surface area contributed by atoms with Crippen molar-refractivity contribution in [1.29, 1.82) is 0 Å². The Morgan fingerprint density at radius 1 is 1.43 bits per heavy atom. The number of cyclic esters (lactones) is 2. The summed E-state index contributed by atoms with van der Waals surface area (Å²) in [6.45, 7) is 1.86. The molecule has 1 aromatic heterocycles. The quantitative estimate of drug-likeness (QED) is 0.489. The van der Waals surface area contributed by atoms with Gasteiger partial charge in [-0.05, 0) is 18.6 Å². The Morgan fingerprint density at radius 2 is 2.21 bits per heavy atom. The van der Waals surface area contributed by atoms with Gasteiger partial charge in [0.25, 0.3) is 0 Å². The number of ether oxygens (including phenoxy) is 1. The zero-order valence-electron chi connectivity index (χ0n) is 7.69. The van der Waals surface area contributed by atoms with Crippen LogP contribution in [0.2, 0.25) is 0 Å². The molecule has 2 heterocycles. The van der Waals surface area contributed by atoms with E-state index < -0.39 is 17.9 Å². The molecule has 2 rings (SSSR count). The molecule has 72 valence electrons. The number of nitrogens with zero attached hydrogens (tertiary/aromatic N) is 1. The number of hydrogen-bond acceptors (Lipinski definition) is 4. The van der Waals surface area contributed by atoms with Gasteiger partial charge in [0.2, 0.25) is 0 Å². The summed E-state index contributed by atoms with van der Waals surface area (Å²) in [5.74, 6) is -1.39. The zero-order valence-corrected chi connectivity index (χ0v) is 7.69. The number of carbonyl (C=O) groups excluding carboxylic acids is 2. The van der Waals surface area contributed by atoms with Crippen molar-refractivity contribution >= 4 is 11.9 Å². The summed E-state index contributed by atoms with van der Waals surface area (Å²) in [6, 6.07) is 3.61. The van der Waals surface area contributed by atoms with E-state index in [0.717, 1.165) is 11.3 Å². The molecule has 0 N–H and O–H groups in total. The van der Waals surface area contributed by atoms with Crippen LogP contribution in [-0.2, 0) is 14.3 Å². The van der Waals surface area contributed by atoms with Gasteiger partial charge >= 0.3 is 11.9 Å². The molecule has 4 heteroatoms. The summed E-state index contributed by atoms with van der Waals surface area (Å²) >= 11 is 0. The molecule has 0 aromatic carbocycles. The monoisotopic (exact) mass is 191 g/mol. The maximum absolute atomic E-state index is 11.2. The zero-order chi connectivity index (χ0) is 10.1. The molecule has 0 aliphatic carbocycles. The van der Waals surface area contributed by atoms with Gasteiger partial charge in [0, 0.05) is 11.9 Å². The molecule has 0 spiro atoms. The normalized spacial score (nSPS) is 21.1. The fourth-order valence-corrected chi connectivity index (χ4v) is 1.41. The van der Waals surface area contributed by atoms with Crippen LogP contribution < -0.4 is 0 Å². The van der Waals surface area contributed by atoms with Crippen molar-refractivity contribution in [3.63, 3.8) is 0 Å². The molecular weight excluding hydrogens is 182 g/mol. The molecule has 0 radical (unpaired) electrons. The molecule has 0 saturated carbocycles. The molecule has 1 aliphatic heterocycles. The number of carbonyl (C=O) groups is 2. The van der Waals surface area contributed by atoms with E-state index in [1.165, 1.54) is 0 Å². The van der Waals surface area contributed by atoms with Crippen LogP contribution in [0.5, 0.6) is 0 Å². The van der Waals surface area contributed by atoms with Crippen molar-refractivity contribution in [2.24, 2.45) is 0 Å². The second-order valence-electron chi connectivity index (χ2n) is 3.28. The maximum atomic E-state index is 11.2. The van der Waals surface area contributed by atoms with Gasteiger partial charge in [-0.1, -0.05) is 6.07 Å². The lowest BCUT2D eigenvalue weighted by atomic mass is 9.99. The summed E-state index contributed by atoms with van der Waals surface area (Å²) in [4.78, 5) is 26.1. The van der Waals surface area contributed by atoms with Crippen LogP contribution in [0.3, 0.4) is 0 Å². The minimum absolute atomic E-state index is 0.129. The average Bonchev–Trinajstić information content (AvgIpc) is 2.47. The van der Waals surface area contributed by atoms with Gasteiger partial charge < -0.3 is 4.74 Å². The Balaban J connectivity index is 2.27. The number of rotatable bonds is 1. The van der Waals surface area contributed by atoms with Crippen LogP contribution in [0, 0.1) is 6.92 Å². The van der Waals surface area contributed by atoms with Crippen LogP contribution in [0.15, 0.2) is 18.3 Å². The Labute approximate surface area is 80.9 Å². The third kappa shape index (κ3) is 1.51. The number of aryl methyl sites for hydroxylation is 1. The smallest absolute Gasteiger partial charge is 0.321 e. The first-order valence-electron chi connectivity index (χ1n) is 4.34. The lowest BCUT2D eigenvalue weighted by Crippen LogP contribution is -2.05. The van der Waals surface area contributed by atoms with E-state index in [2.05, 4.69) is 9.72 Å². The van der Waals surface area contributed by atoms with Gasteiger partial charge in [0.1, 0.15) is 0 Å². The Morgan fingerprint density at radius 3 is 2.71 bits per heavy atom. The van der Waals surface area contributed by atoms with Crippen LogP contribution in [0.4, 0.5) is 0 Å². The predicted octanol–water partition coefficient (Wildman–Crippen LogP) is 0.947. The first kappa shape index (κ1) is 8.87. The number of hydrogen-bond donors (Lipinski definition) is 0. The Hall–Kier alpha value is -1.71. The largest absolute Gasteiger partial charge is 0.393 e. The van der Waals surface area contributed by atoms with E-state index in [-0.39, 0.29) is 6.42 Å². The molecule has 1 atom stereocenters. The second-order valence-corrected chi connectivity index (χ2v) is 3.28. The molecule has 1 unspecified atom stereocenters. The number of esters is 2. The summed E-state index contributed by atoms with van der Waals surface area (Å²) in [7, 11) is 0.